The lowest BCUT2D eigenvalue weighted by Gasteiger charge is -2.08. The molecule has 4 rings (SSSR count). The molecule has 8 heteroatoms. The van der Waals surface area contributed by atoms with E-state index in [-0.39, 0.29) is 5.56 Å². The van der Waals surface area contributed by atoms with Crippen LogP contribution < -0.4 is 5.56 Å². The number of H-pyrrole nitrogens is 1. The third-order valence-corrected chi connectivity index (χ3v) is 7.52. The van der Waals surface area contributed by atoms with Crippen molar-refractivity contribution in [3.05, 3.63) is 32.4 Å². The molecular formula is C20H27N5OS2. The Bertz CT molecular complexity index is 1050. The molecule has 0 aliphatic heterocycles. The van der Waals surface area contributed by atoms with Gasteiger partial charge in [0.25, 0.3) is 5.56 Å². The number of thioether (sulfide) groups is 1. The number of nitrogens with zero attached hydrogens (tertiary/aromatic N) is 4. The quantitative estimate of drug-likeness (QED) is 0.539. The fraction of sp³-hybridized carbons (Fsp3) is 0.600. The Hall–Kier alpha value is -1.67. The lowest BCUT2D eigenvalue weighted by molar-refractivity contribution is 0.561. The number of nitrogens with one attached hydrogen (secondary N) is 1. The lowest BCUT2D eigenvalue weighted by Crippen LogP contribution is -2.12. The number of aromatic nitrogens is 5. The van der Waals surface area contributed by atoms with Crippen LogP contribution in [0.15, 0.2) is 9.95 Å². The molecule has 28 heavy (non-hydrogen) atoms. The highest BCUT2D eigenvalue weighted by Gasteiger charge is 2.30. The molecule has 3 aromatic rings. The van der Waals surface area contributed by atoms with Crippen LogP contribution in [0, 0.1) is 12.8 Å². The second-order valence-corrected chi connectivity index (χ2v) is 9.84. The van der Waals surface area contributed by atoms with Crippen molar-refractivity contribution >= 4 is 33.3 Å². The van der Waals surface area contributed by atoms with Crippen LogP contribution in [0.1, 0.15) is 68.0 Å². The van der Waals surface area contributed by atoms with Gasteiger partial charge in [-0.15, -0.1) is 21.5 Å². The summed E-state index contributed by atoms with van der Waals surface area (Å²) in [5.41, 5.74) is 1.15. The highest BCUT2D eigenvalue weighted by molar-refractivity contribution is 7.98. The number of aromatic amines is 1. The van der Waals surface area contributed by atoms with Crippen molar-refractivity contribution in [3.8, 4) is 0 Å². The average Bonchev–Trinajstić information content (AvgIpc) is 3.36. The Kier molecular flexibility index (Phi) is 5.60. The second-order valence-electron chi connectivity index (χ2n) is 7.70. The van der Waals surface area contributed by atoms with Gasteiger partial charge in [-0.25, -0.2) is 4.98 Å². The summed E-state index contributed by atoms with van der Waals surface area (Å²) in [5, 5.41) is 10.4. The maximum Gasteiger partial charge on any atom is 0.259 e. The Labute approximate surface area is 173 Å². The number of fused-ring (bicyclic) bond motifs is 1. The Morgan fingerprint density at radius 2 is 2.11 bits per heavy atom. The zero-order valence-electron chi connectivity index (χ0n) is 16.9. The average molecular weight is 418 g/mol. The first-order valence-corrected chi connectivity index (χ1v) is 11.9. The minimum Gasteiger partial charge on any atom is -0.309 e. The topological polar surface area (TPSA) is 76.5 Å². The van der Waals surface area contributed by atoms with Gasteiger partial charge in [0.1, 0.15) is 16.5 Å². The molecule has 150 valence electrons. The van der Waals surface area contributed by atoms with Gasteiger partial charge >= 0.3 is 0 Å². The molecule has 0 aromatic carbocycles. The molecule has 6 nitrogen and oxygen atoms in total. The fourth-order valence-corrected chi connectivity index (χ4v) is 5.46. The van der Waals surface area contributed by atoms with Gasteiger partial charge < -0.3 is 9.55 Å². The molecule has 1 aliphatic rings. The summed E-state index contributed by atoms with van der Waals surface area (Å²) in [4.78, 5) is 22.6. The van der Waals surface area contributed by atoms with E-state index in [1.54, 1.807) is 23.1 Å². The smallest absolute Gasteiger partial charge is 0.259 e. The van der Waals surface area contributed by atoms with E-state index in [9.17, 15) is 4.79 Å². The van der Waals surface area contributed by atoms with Gasteiger partial charge in [0.05, 0.1) is 11.1 Å². The SMILES string of the molecule is CC[C@H](C)Cc1c(C)sc2nc(CSc3nnc(C4CC4)n3CC)[nH]c(=O)c12. The largest absolute Gasteiger partial charge is 0.309 e. The lowest BCUT2D eigenvalue weighted by atomic mass is 9.98. The first kappa shape index (κ1) is 19.6. The molecule has 3 heterocycles. The maximum absolute atomic E-state index is 12.8. The molecule has 0 unspecified atom stereocenters. The molecule has 1 aliphatic carbocycles. The summed E-state index contributed by atoms with van der Waals surface area (Å²) < 4.78 is 2.19. The van der Waals surface area contributed by atoms with Gasteiger partial charge in [-0.05, 0) is 44.6 Å². The molecule has 1 fully saturated rings. The molecule has 3 aromatic heterocycles. The van der Waals surface area contributed by atoms with Crippen molar-refractivity contribution in [2.75, 3.05) is 0 Å². The number of rotatable bonds is 8. The standard InChI is InChI=1S/C20H27N5OS2/c1-5-11(3)9-14-12(4)28-19-16(14)18(26)21-15(22-19)10-27-20-24-23-17(13-7-8-13)25(20)6-2/h11,13H,5-10H2,1-4H3,(H,21,22,26)/t11-/m0/s1. The predicted molar refractivity (Wildman–Crippen MR) is 115 cm³/mol. The minimum atomic E-state index is -0.0149. The minimum absolute atomic E-state index is 0.0149. The molecule has 1 atom stereocenters. The van der Waals surface area contributed by atoms with Crippen LogP contribution in [0.4, 0.5) is 0 Å². The zero-order chi connectivity index (χ0) is 19.8. The molecule has 1 saturated carbocycles. The number of hydrogen-bond donors (Lipinski definition) is 1. The number of thiophene rings is 1. The molecule has 0 radical (unpaired) electrons. The van der Waals surface area contributed by atoms with E-state index in [4.69, 9.17) is 4.98 Å². The summed E-state index contributed by atoms with van der Waals surface area (Å²) in [6.45, 7) is 9.51. The van der Waals surface area contributed by atoms with Gasteiger partial charge in [0.2, 0.25) is 0 Å². The zero-order valence-corrected chi connectivity index (χ0v) is 18.5. The summed E-state index contributed by atoms with van der Waals surface area (Å²) in [7, 11) is 0. The van der Waals surface area contributed by atoms with E-state index in [0.29, 0.717) is 23.4 Å². The Morgan fingerprint density at radius 3 is 2.79 bits per heavy atom. The number of aryl methyl sites for hydroxylation is 1. The second kappa shape index (κ2) is 7.99. The molecule has 1 N–H and O–H groups in total. The summed E-state index contributed by atoms with van der Waals surface area (Å²) in [6, 6.07) is 0. The first-order chi connectivity index (χ1) is 13.5. The van der Waals surface area contributed by atoms with Crippen LogP contribution >= 0.6 is 23.1 Å². The van der Waals surface area contributed by atoms with E-state index in [1.807, 2.05) is 0 Å². The van der Waals surface area contributed by atoms with E-state index in [0.717, 1.165) is 40.6 Å². The highest BCUT2D eigenvalue weighted by atomic mass is 32.2. The van der Waals surface area contributed by atoms with Crippen LogP contribution in [0.25, 0.3) is 10.2 Å². The van der Waals surface area contributed by atoms with Crippen molar-refractivity contribution in [3.63, 3.8) is 0 Å². The Morgan fingerprint density at radius 1 is 1.32 bits per heavy atom. The van der Waals surface area contributed by atoms with E-state index >= 15 is 0 Å². The van der Waals surface area contributed by atoms with Crippen molar-refractivity contribution in [1.82, 2.24) is 24.7 Å². The predicted octanol–water partition coefficient (Wildman–Crippen LogP) is 4.66. The number of hydrogen-bond acceptors (Lipinski definition) is 6. The maximum atomic E-state index is 12.8. The normalized spacial score (nSPS) is 15.4. The van der Waals surface area contributed by atoms with E-state index in [2.05, 4.69) is 47.4 Å². The van der Waals surface area contributed by atoms with Crippen molar-refractivity contribution < 1.29 is 0 Å². The van der Waals surface area contributed by atoms with Crippen LogP contribution in [0.3, 0.4) is 0 Å². The highest BCUT2D eigenvalue weighted by Crippen LogP contribution is 2.40. The van der Waals surface area contributed by atoms with Crippen molar-refractivity contribution in [1.29, 1.82) is 0 Å². The summed E-state index contributed by atoms with van der Waals surface area (Å²) in [6.07, 6.45) is 4.47. The molecular weight excluding hydrogens is 390 g/mol. The molecule has 0 bridgehead atoms. The van der Waals surface area contributed by atoms with Gasteiger partial charge in [0.15, 0.2) is 5.16 Å². The van der Waals surface area contributed by atoms with Crippen LogP contribution in [-0.4, -0.2) is 24.7 Å². The van der Waals surface area contributed by atoms with E-state index in [1.165, 1.54) is 23.3 Å². The van der Waals surface area contributed by atoms with Crippen molar-refractivity contribution in [2.45, 2.75) is 76.8 Å². The Balaban J connectivity index is 1.58. The van der Waals surface area contributed by atoms with Crippen LogP contribution in [-0.2, 0) is 18.7 Å². The molecule has 0 amide bonds. The van der Waals surface area contributed by atoms with E-state index < -0.39 is 0 Å². The van der Waals surface area contributed by atoms with Crippen LogP contribution in [0.5, 0.6) is 0 Å². The monoisotopic (exact) mass is 417 g/mol. The molecule has 0 saturated heterocycles. The van der Waals surface area contributed by atoms with Gasteiger partial charge in [0, 0.05) is 17.3 Å². The van der Waals surface area contributed by atoms with Gasteiger partial charge in [-0.1, -0.05) is 32.0 Å². The fourth-order valence-electron chi connectivity index (χ4n) is 3.51. The van der Waals surface area contributed by atoms with Crippen molar-refractivity contribution in [2.24, 2.45) is 5.92 Å². The summed E-state index contributed by atoms with van der Waals surface area (Å²) >= 11 is 3.23. The van der Waals surface area contributed by atoms with Gasteiger partial charge in [-0.3, -0.25) is 4.79 Å². The summed E-state index contributed by atoms with van der Waals surface area (Å²) in [5.74, 6) is 3.54. The third kappa shape index (κ3) is 3.76. The van der Waals surface area contributed by atoms with Gasteiger partial charge in [-0.2, -0.15) is 0 Å². The first-order valence-electron chi connectivity index (χ1n) is 10.1. The molecule has 0 spiro atoms. The van der Waals surface area contributed by atoms with Crippen LogP contribution in [0.2, 0.25) is 0 Å². The third-order valence-electron chi connectivity index (χ3n) is 5.50.